The Morgan fingerprint density at radius 3 is 1.36 bits per heavy atom. The first-order valence-corrected chi connectivity index (χ1v) is 9.01. The van der Waals surface area contributed by atoms with Crippen LogP contribution in [0.4, 0.5) is 0 Å². The van der Waals surface area contributed by atoms with E-state index in [0.29, 0.717) is 11.8 Å². The Bertz CT molecular complexity index is 379. The Kier molecular flexibility index (Phi) is 7.37. The van der Waals surface area contributed by atoms with Crippen molar-refractivity contribution in [2.45, 2.75) is 89.1 Å². The van der Waals surface area contributed by atoms with Crippen molar-refractivity contribution in [2.75, 3.05) is 0 Å². The zero-order chi connectivity index (χ0) is 15.6. The molecule has 0 amide bonds. The fourth-order valence-electron chi connectivity index (χ4n) is 3.89. The zero-order valence-corrected chi connectivity index (χ0v) is 13.6. The van der Waals surface area contributed by atoms with E-state index in [1.165, 1.54) is 64.2 Å². The van der Waals surface area contributed by atoms with Crippen molar-refractivity contribution < 1.29 is 0 Å². The van der Waals surface area contributed by atoms with Gasteiger partial charge in [0, 0.05) is 0 Å². The summed E-state index contributed by atoms with van der Waals surface area (Å²) in [6, 6.07) is 3.81. The molecule has 0 bridgehead atoms. The molecule has 4 heteroatoms. The monoisotopic (exact) mass is 300 g/mol. The molecule has 4 nitrogen and oxygen atoms in total. The maximum atomic E-state index is 9.28. The molecular formula is C18H28N4. The summed E-state index contributed by atoms with van der Waals surface area (Å²) in [5.41, 5.74) is 0. The third kappa shape index (κ3) is 5.76. The molecule has 2 fully saturated rings. The van der Waals surface area contributed by atoms with Gasteiger partial charge >= 0.3 is 0 Å². The molecular weight excluding hydrogens is 272 g/mol. The van der Waals surface area contributed by atoms with Gasteiger partial charge in [-0.05, 0) is 24.7 Å². The summed E-state index contributed by atoms with van der Waals surface area (Å²) in [7, 11) is 0. The minimum atomic E-state index is -0.356. The third-order valence-electron chi connectivity index (χ3n) is 5.21. The maximum Gasteiger partial charge on any atom is 0.157 e. The van der Waals surface area contributed by atoms with Gasteiger partial charge in [-0.2, -0.15) is 20.8 Å². The molecule has 120 valence electrons. The van der Waals surface area contributed by atoms with E-state index < -0.39 is 0 Å². The summed E-state index contributed by atoms with van der Waals surface area (Å²) in [5.74, 6) is 1.24. The van der Waals surface area contributed by atoms with Gasteiger partial charge in [-0.1, -0.05) is 64.2 Å². The molecule has 0 N–H and O–H groups in total. The summed E-state index contributed by atoms with van der Waals surface area (Å²) in [6.45, 7) is 0. The predicted octanol–water partition coefficient (Wildman–Crippen LogP) is 5.16. The van der Waals surface area contributed by atoms with Crippen molar-refractivity contribution in [1.82, 2.24) is 0 Å². The van der Waals surface area contributed by atoms with Crippen LogP contribution in [0, 0.1) is 34.5 Å². The second-order valence-electron chi connectivity index (χ2n) is 7.00. The van der Waals surface area contributed by atoms with Gasteiger partial charge in [-0.3, -0.25) is 0 Å². The molecule has 2 atom stereocenters. The average Bonchev–Trinajstić information content (AvgIpc) is 2.59. The molecule has 0 aromatic carbocycles. The lowest BCUT2D eigenvalue weighted by atomic mass is 9.85. The zero-order valence-electron chi connectivity index (χ0n) is 13.6. The van der Waals surface area contributed by atoms with Crippen LogP contribution in [0.25, 0.3) is 0 Å². The number of rotatable bonds is 6. The van der Waals surface area contributed by atoms with Crippen molar-refractivity contribution in [3.05, 3.63) is 0 Å². The van der Waals surface area contributed by atoms with E-state index in [1.807, 2.05) is 0 Å². The van der Waals surface area contributed by atoms with Crippen molar-refractivity contribution in [3.63, 3.8) is 0 Å². The molecule has 0 aromatic heterocycles. The first-order chi connectivity index (χ1) is 10.8. The Labute approximate surface area is 134 Å². The Balaban J connectivity index is 1.80. The normalized spacial score (nSPS) is 23.7. The third-order valence-corrected chi connectivity index (χ3v) is 5.21. The first kappa shape index (κ1) is 16.9. The van der Waals surface area contributed by atoms with Gasteiger partial charge in [0.1, 0.15) is 0 Å². The molecule has 2 unspecified atom stereocenters. The van der Waals surface area contributed by atoms with Crippen LogP contribution in [0.2, 0.25) is 0 Å². The number of hydrogen-bond donors (Lipinski definition) is 0. The lowest BCUT2D eigenvalue weighted by Crippen LogP contribution is -2.15. The second-order valence-corrected chi connectivity index (χ2v) is 7.00. The largest absolute Gasteiger partial charge is 0.196 e. The number of azo groups is 1. The average molecular weight is 300 g/mol. The molecule has 0 spiro atoms. The van der Waals surface area contributed by atoms with Crippen molar-refractivity contribution in [2.24, 2.45) is 22.1 Å². The summed E-state index contributed by atoms with van der Waals surface area (Å²) in [4.78, 5) is 0. The predicted molar refractivity (Wildman–Crippen MR) is 86.0 cm³/mol. The minimum Gasteiger partial charge on any atom is -0.196 e. The first-order valence-electron chi connectivity index (χ1n) is 9.01. The SMILES string of the molecule is N#CC(CC1CCCCC1)N=NC(C#N)CC1CCCCC1. The molecule has 2 aliphatic carbocycles. The topological polar surface area (TPSA) is 72.3 Å². The van der Waals surface area contributed by atoms with E-state index in [2.05, 4.69) is 22.4 Å². The molecule has 2 saturated carbocycles. The highest BCUT2D eigenvalue weighted by Gasteiger charge is 2.21. The molecule has 22 heavy (non-hydrogen) atoms. The lowest BCUT2D eigenvalue weighted by Gasteiger charge is -2.22. The minimum absolute atomic E-state index is 0.356. The Morgan fingerprint density at radius 1 is 0.682 bits per heavy atom. The van der Waals surface area contributed by atoms with E-state index >= 15 is 0 Å². The summed E-state index contributed by atoms with van der Waals surface area (Å²) >= 11 is 0. The van der Waals surface area contributed by atoms with Gasteiger partial charge in [-0.15, -0.1) is 0 Å². The van der Waals surface area contributed by atoms with Gasteiger partial charge in [0.2, 0.25) is 0 Å². The maximum absolute atomic E-state index is 9.28. The van der Waals surface area contributed by atoms with E-state index in [1.54, 1.807) is 0 Å². The van der Waals surface area contributed by atoms with Crippen molar-refractivity contribution in [3.8, 4) is 12.1 Å². The van der Waals surface area contributed by atoms with Crippen LogP contribution >= 0.6 is 0 Å². The number of hydrogen-bond acceptors (Lipinski definition) is 4. The van der Waals surface area contributed by atoms with Crippen LogP contribution in [0.1, 0.15) is 77.0 Å². The summed E-state index contributed by atoms with van der Waals surface area (Å²) in [6.07, 6.45) is 14.3. The van der Waals surface area contributed by atoms with Crippen molar-refractivity contribution in [1.29, 1.82) is 10.5 Å². The summed E-state index contributed by atoms with van der Waals surface area (Å²) in [5, 5.41) is 27.0. The smallest absolute Gasteiger partial charge is 0.157 e. The van der Waals surface area contributed by atoms with Gasteiger partial charge in [0.25, 0.3) is 0 Å². The Hall–Kier alpha value is -1.42. The van der Waals surface area contributed by atoms with E-state index in [0.717, 1.165) is 12.8 Å². The van der Waals surface area contributed by atoms with Gasteiger partial charge in [0.15, 0.2) is 12.1 Å². The summed E-state index contributed by atoms with van der Waals surface area (Å²) < 4.78 is 0. The van der Waals surface area contributed by atoms with Gasteiger partial charge in [-0.25, -0.2) is 0 Å². The highest BCUT2D eigenvalue weighted by Crippen LogP contribution is 2.29. The Morgan fingerprint density at radius 2 is 1.05 bits per heavy atom. The van der Waals surface area contributed by atoms with Crippen LogP contribution in [-0.2, 0) is 0 Å². The quantitative estimate of drug-likeness (QED) is 0.635. The second kappa shape index (κ2) is 9.57. The van der Waals surface area contributed by atoms with E-state index in [-0.39, 0.29) is 12.1 Å². The molecule has 0 radical (unpaired) electrons. The highest BCUT2D eigenvalue weighted by atomic mass is 15.1. The fourth-order valence-corrected chi connectivity index (χ4v) is 3.89. The standard InChI is InChI=1S/C18H28N4/c19-13-17(11-15-7-3-1-4-8-15)21-22-18(14-20)12-16-9-5-2-6-10-16/h15-18H,1-12H2. The molecule has 0 aliphatic heterocycles. The molecule has 2 aliphatic rings. The van der Waals surface area contributed by atoms with E-state index in [4.69, 9.17) is 0 Å². The van der Waals surface area contributed by atoms with Crippen LogP contribution in [0.5, 0.6) is 0 Å². The molecule has 2 rings (SSSR count). The lowest BCUT2D eigenvalue weighted by molar-refractivity contribution is 0.320. The molecule has 0 aromatic rings. The highest BCUT2D eigenvalue weighted by molar-refractivity contribution is 4.94. The van der Waals surface area contributed by atoms with Crippen LogP contribution in [-0.4, -0.2) is 12.1 Å². The van der Waals surface area contributed by atoms with Crippen molar-refractivity contribution >= 4 is 0 Å². The van der Waals surface area contributed by atoms with Crippen LogP contribution < -0.4 is 0 Å². The van der Waals surface area contributed by atoms with Gasteiger partial charge < -0.3 is 0 Å². The number of nitrogens with zero attached hydrogens (tertiary/aromatic N) is 4. The number of nitriles is 2. The van der Waals surface area contributed by atoms with Gasteiger partial charge in [0.05, 0.1) is 12.1 Å². The van der Waals surface area contributed by atoms with E-state index in [9.17, 15) is 10.5 Å². The fraction of sp³-hybridized carbons (Fsp3) is 0.889. The molecule has 0 saturated heterocycles. The van der Waals surface area contributed by atoms with Crippen LogP contribution in [0.15, 0.2) is 10.2 Å². The molecule has 0 heterocycles. The van der Waals surface area contributed by atoms with Crippen LogP contribution in [0.3, 0.4) is 0 Å².